The van der Waals surface area contributed by atoms with Crippen molar-refractivity contribution in [3.8, 4) is 0 Å². The summed E-state index contributed by atoms with van der Waals surface area (Å²) >= 11 is 0. The molecule has 1 aliphatic carbocycles. The summed E-state index contributed by atoms with van der Waals surface area (Å²) in [6, 6.07) is 2.44. The van der Waals surface area contributed by atoms with Crippen molar-refractivity contribution < 1.29 is 0 Å². The summed E-state index contributed by atoms with van der Waals surface area (Å²) in [7, 11) is 2.36. The van der Waals surface area contributed by atoms with Crippen molar-refractivity contribution in [2.45, 2.75) is 70.0 Å². The SMILES string of the molecule is CC1CC(N(C)C2CCCCC2)CCN1. The number of nitrogens with one attached hydrogen (secondary N) is 1. The Hall–Kier alpha value is -0.0800. The molecule has 0 radical (unpaired) electrons. The molecule has 15 heavy (non-hydrogen) atoms. The largest absolute Gasteiger partial charge is 0.314 e. The zero-order valence-corrected chi connectivity index (χ0v) is 10.3. The van der Waals surface area contributed by atoms with Gasteiger partial charge in [0.15, 0.2) is 0 Å². The van der Waals surface area contributed by atoms with Crippen molar-refractivity contribution in [3.63, 3.8) is 0 Å². The maximum absolute atomic E-state index is 3.54. The van der Waals surface area contributed by atoms with Crippen molar-refractivity contribution in [3.05, 3.63) is 0 Å². The molecule has 0 aromatic carbocycles. The second kappa shape index (κ2) is 5.31. The fraction of sp³-hybridized carbons (Fsp3) is 1.00. The molecule has 1 saturated heterocycles. The van der Waals surface area contributed by atoms with Crippen LogP contribution in [0.3, 0.4) is 0 Å². The molecule has 2 fully saturated rings. The Bertz CT molecular complexity index is 187. The fourth-order valence-electron chi connectivity index (χ4n) is 3.26. The van der Waals surface area contributed by atoms with Crippen molar-refractivity contribution >= 4 is 0 Å². The van der Waals surface area contributed by atoms with E-state index in [0.717, 1.165) is 18.1 Å². The Morgan fingerprint density at radius 2 is 1.73 bits per heavy atom. The van der Waals surface area contributed by atoms with E-state index in [2.05, 4.69) is 24.2 Å². The van der Waals surface area contributed by atoms with Gasteiger partial charge in [-0.1, -0.05) is 19.3 Å². The first-order chi connectivity index (χ1) is 7.27. The van der Waals surface area contributed by atoms with E-state index in [1.54, 1.807) is 0 Å². The van der Waals surface area contributed by atoms with Crippen LogP contribution in [0.2, 0.25) is 0 Å². The van der Waals surface area contributed by atoms with Crippen LogP contribution in [0.4, 0.5) is 0 Å². The van der Waals surface area contributed by atoms with Gasteiger partial charge in [-0.05, 0) is 46.2 Å². The number of nitrogens with zero attached hydrogens (tertiary/aromatic N) is 1. The summed E-state index contributed by atoms with van der Waals surface area (Å²) in [4.78, 5) is 2.69. The lowest BCUT2D eigenvalue weighted by atomic mass is 9.91. The molecule has 0 aromatic heterocycles. The van der Waals surface area contributed by atoms with Gasteiger partial charge in [-0.25, -0.2) is 0 Å². The summed E-state index contributed by atoms with van der Waals surface area (Å²) in [6.07, 6.45) is 9.94. The molecule has 1 heterocycles. The number of hydrogen-bond acceptors (Lipinski definition) is 2. The van der Waals surface area contributed by atoms with Crippen LogP contribution < -0.4 is 5.32 Å². The molecule has 2 unspecified atom stereocenters. The zero-order chi connectivity index (χ0) is 10.7. The topological polar surface area (TPSA) is 15.3 Å². The molecule has 2 rings (SSSR count). The van der Waals surface area contributed by atoms with Crippen LogP contribution in [-0.4, -0.2) is 36.6 Å². The number of piperidine rings is 1. The van der Waals surface area contributed by atoms with Crippen LogP contribution in [-0.2, 0) is 0 Å². The van der Waals surface area contributed by atoms with Gasteiger partial charge in [0, 0.05) is 18.1 Å². The molecule has 1 aliphatic heterocycles. The quantitative estimate of drug-likeness (QED) is 0.753. The lowest BCUT2D eigenvalue weighted by molar-refractivity contribution is 0.105. The van der Waals surface area contributed by atoms with Gasteiger partial charge < -0.3 is 10.2 Å². The highest BCUT2D eigenvalue weighted by Crippen LogP contribution is 2.26. The Morgan fingerprint density at radius 3 is 2.40 bits per heavy atom. The molecular formula is C13H26N2. The minimum Gasteiger partial charge on any atom is -0.314 e. The Labute approximate surface area is 94.4 Å². The van der Waals surface area contributed by atoms with Gasteiger partial charge in [-0.2, -0.15) is 0 Å². The van der Waals surface area contributed by atoms with Crippen molar-refractivity contribution in [1.29, 1.82) is 0 Å². The maximum atomic E-state index is 3.54. The molecule has 2 aliphatic rings. The van der Waals surface area contributed by atoms with Crippen LogP contribution >= 0.6 is 0 Å². The molecule has 0 aromatic rings. The predicted molar refractivity (Wildman–Crippen MR) is 65.1 cm³/mol. The van der Waals surface area contributed by atoms with Crippen LogP contribution in [0.1, 0.15) is 51.9 Å². The zero-order valence-electron chi connectivity index (χ0n) is 10.3. The second-order valence-corrected chi connectivity index (χ2v) is 5.49. The minimum absolute atomic E-state index is 0.717. The van der Waals surface area contributed by atoms with Gasteiger partial charge in [0.05, 0.1) is 0 Å². The monoisotopic (exact) mass is 210 g/mol. The summed E-state index contributed by atoms with van der Waals surface area (Å²) < 4.78 is 0. The molecular weight excluding hydrogens is 184 g/mol. The average Bonchev–Trinajstić information content (AvgIpc) is 2.29. The maximum Gasteiger partial charge on any atom is 0.0122 e. The summed E-state index contributed by atoms with van der Waals surface area (Å²) in [6.45, 7) is 3.53. The molecule has 2 heteroatoms. The van der Waals surface area contributed by atoms with Gasteiger partial charge in [-0.3, -0.25) is 0 Å². The van der Waals surface area contributed by atoms with Gasteiger partial charge in [0.2, 0.25) is 0 Å². The van der Waals surface area contributed by atoms with Gasteiger partial charge in [0.1, 0.15) is 0 Å². The Kier molecular flexibility index (Phi) is 4.04. The van der Waals surface area contributed by atoms with E-state index in [-0.39, 0.29) is 0 Å². The van der Waals surface area contributed by atoms with E-state index in [0.29, 0.717) is 0 Å². The van der Waals surface area contributed by atoms with Crippen LogP contribution in [0.15, 0.2) is 0 Å². The normalized spacial score (nSPS) is 34.6. The van der Waals surface area contributed by atoms with Crippen molar-refractivity contribution in [1.82, 2.24) is 10.2 Å². The minimum atomic E-state index is 0.717. The van der Waals surface area contributed by atoms with Crippen molar-refractivity contribution in [2.24, 2.45) is 0 Å². The van der Waals surface area contributed by atoms with E-state index in [1.165, 1.54) is 51.5 Å². The van der Waals surface area contributed by atoms with Crippen LogP contribution in [0, 0.1) is 0 Å². The third-order valence-corrected chi connectivity index (χ3v) is 4.32. The summed E-state index contributed by atoms with van der Waals surface area (Å²) in [5.41, 5.74) is 0. The molecule has 0 bridgehead atoms. The third kappa shape index (κ3) is 2.94. The predicted octanol–water partition coefficient (Wildman–Crippen LogP) is 2.39. The molecule has 0 spiro atoms. The van der Waals surface area contributed by atoms with E-state index < -0.39 is 0 Å². The molecule has 1 saturated carbocycles. The highest BCUT2D eigenvalue weighted by molar-refractivity contribution is 4.85. The average molecular weight is 210 g/mol. The fourth-order valence-corrected chi connectivity index (χ4v) is 3.26. The van der Waals surface area contributed by atoms with Crippen LogP contribution in [0.25, 0.3) is 0 Å². The molecule has 0 amide bonds. The lowest BCUT2D eigenvalue weighted by Gasteiger charge is -2.40. The molecule has 2 atom stereocenters. The second-order valence-electron chi connectivity index (χ2n) is 5.49. The van der Waals surface area contributed by atoms with E-state index in [4.69, 9.17) is 0 Å². The highest BCUT2D eigenvalue weighted by Gasteiger charge is 2.27. The Balaban J connectivity index is 1.85. The third-order valence-electron chi connectivity index (χ3n) is 4.32. The van der Waals surface area contributed by atoms with Crippen LogP contribution in [0.5, 0.6) is 0 Å². The van der Waals surface area contributed by atoms with Crippen molar-refractivity contribution in [2.75, 3.05) is 13.6 Å². The standard InChI is InChI=1S/C13H26N2/c1-11-10-13(8-9-14-11)15(2)12-6-4-3-5-7-12/h11-14H,3-10H2,1-2H3. The smallest absolute Gasteiger partial charge is 0.0122 e. The molecule has 1 N–H and O–H groups in total. The van der Waals surface area contributed by atoms with Gasteiger partial charge in [0.25, 0.3) is 0 Å². The van der Waals surface area contributed by atoms with E-state index in [1.807, 2.05) is 0 Å². The molecule has 88 valence electrons. The number of hydrogen-bond donors (Lipinski definition) is 1. The molecule has 2 nitrogen and oxygen atoms in total. The first-order valence-electron chi connectivity index (χ1n) is 6.72. The lowest BCUT2D eigenvalue weighted by Crippen LogP contribution is -2.49. The van der Waals surface area contributed by atoms with E-state index >= 15 is 0 Å². The first kappa shape index (κ1) is 11.4. The number of rotatable bonds is 2. The highest BCUT2D eigenvalue weighted by atomic mass is 15.2. The van der Waals surface area contributed by atoms with Gasteiger partial charge >= 0.3 is 0 Å². The summed E-state index contributed by atoms with van der Waals surface area (Å²) in [5.74, 6) is 0. The first-order valence-corrected chi connectivity index (χ1v) is 6.72. The summed E-state index contributed by atoms with van der Waals surface area (Å²) in [5, 5.41) is 3.54. The Morgan fingerprint density at radius 1 is 1.00 bits per heavy atom. The van der Waals surface area contributed by atoms with Gasteiger partial charge in [-0.15, -0.1) is 0 Å². The van der Waals surface area contributed by atoms with E-state index in [9.17, 15) is 0 Å².